The minimum absolute atomic E-state index is 0.309. The number of nitrogens with one attached hydrogen (secondary N) is 1. The highest BCUT2D eigenvalue weighted by Gasteiger charge is 2.14. The van der Waals surface area contributed by atoms with E-state index >= 15 is 0 Å². The van der Waals surface area contributed by atoms with Crippen molar-refractivity contribution in [3.8, 4) is 22.5 Å². The third kappa shape index (κ3) is 4.27. The summed E-state index contributed by atoms with van der Waals surface area (Å²) in [5.41, 5.74) is 3.92. The summed E-state index contributed by atoms with van der Waals surface area (Å²) in [6.45, 7) is 7.32. The number of H-pyrrole nitrogens is 1. The lowest BCUT2D eigenvalue weighted by Crippen LogP contribution is -2.07. The van der Waals surface area contributed by atoms with Gasteiger partial charge in [0.2, 0.25) is 5.82 Å². The van der Waals surface area contributed by atoms with Gasteiger partial charge in [-0.3, -0.25) is 4.98 Å². The van der Waals surface area contributed by atoms with Gasteiger partial charge >= 0.3 is 0 Å². The maximum atomic E-state index is 4.77. The Bertz CT molecular complexity index is 1080. The van der Waals surface area contributed by atoms with Crippen molar-refractivity contribution in [1.29, 1.82) is 0 Å². The minimum Gasteiger partial charge on any atom is -0.260 e. The Labute approximate surface area is 175 Å². The maximum absolute atomic E-state index is 4.77. The van der Waals surface area contributed by atoms with Crippen LogP contribution in [-0.2, 0) is 13.0 Å². The van der Waals surface area contributed by atoms with Crippen LogP contribution in [0.5, 0.6) is 0 Å². The lowest BCUT2D eigenvalue weighted by molar-refractivity contribution is 0.542. The van der Waals surface area contributed by atoms with Crippen molar-refractivity contribution in [2.24, 2.45) is 0 Å². The average molecular weight is 403 g/mol. The van der Waals surface area contributed by atoms with Crippen molar-refractivity contribution >= 4 is 0 Å². The second-order valence-corrected chi connectivity index (χ2v) is 7.61. The molecule has 1 N–H and O–H groups in total. The number of hydrogen-bond acceptors (Lipinski definition) is 6. The van der Waals surface area contributed by atoms with Gasteiger partial charge in [-0.05, 0) is 23.3 Å². The van der Waals surface area contributed by atoms with E-state index in [1.807, 2.05) is 35.1 Å². The summed E-state index contributed by atoms with van der Waals surface area (Å²) in [4.78, 5) is 9.47. The second kappa shape index (κ2) is 8.94. The number of tetrazole rings is 1. The van der Waals surface area contributed by atoms with E-state index in [2.05, 4.69) is 53.5 Å². The van der Waals surface area contributed by atoms with Crippen molar-refractivity contribution in [3.63, 3.8) is 0 Å². The fraction of sp³-hybridized carbons (Fsp3) is 0.364. The zero-order chi connectivity index (χ0) is 20.9. The Morgan fingerprint density at radius 3 is 2.57 bits per heavy atom. The fourth-order valence-corrected chi connectivity index (χ4v) is 3.31. The van der Waals surface area contributed by atoms with Crippen molar-refractivity contribution in [2.45, 2.75) is 52.5 Å². The highest BCUT2D eigenvalue weighted by atomic mass is 15.5. The number of rotatable bonds is 8. The van der Waals surface area contributed by atoms with Crippen molar-refractivity contribution in [3.05, 3.63) is 59.9 Å². The van der Waals surface area contributed by atoms with Gasteiger partial charge in [0.15, 0.2) is 5.82 Å². The SMILES string of the molecule is CCCCn1nc(C(C)C)nc1Cc1ccc(-c2ccccc2-c2nn[nH]n2)cn1. The molecule has 8 heteroatoms. The Balaban J connectivity index is 1.59. The van der Waals surface area contributed by atoms with Crippen LogP contribution in [0, 0.1) is 0 Å². The van der Waals surface area contributed by atoms with Crippen LogP contribution in [0.3, 0.4) is 0 Å². The summed E-state index contributed by atoms with van der Waals surface area (Å²) in [7, 11) is 0. The van der Waals surface area contributed by atoms with Gasteiger partial charge in [-0.15, -0.1) is 10.2 Å². The number of pyridine rings is 1. The maximum Gasteiger partial charge on any atom is 0.205 e. The van der Waals surface area contributed by atoms with Crippen LogP contribution in [0.2, 0.25) is 0 Å². The molecule has 154 valence electrons. The molecule has 0 aliphatic heterocycles. The molecule has 0 spiro atoms. The lowest BCUT2D eigenvalue weighted by atomic mass is 10.0. The van der Waals surface area contributed by atoms with Gasteiger partial charge in [0.1, 0.15) is 5.82 Å². The molecule has 4 aromatic rings. The van der Waals surface area contributed by atoms with Gasteiger partial charge in [-0.25, -0.2) is 9.67 Å². The topological polar surface area (TPSA) is 98.1 Å². The fourth-order valence-electron chi connectivity index (χ4n) is 3.31. The average Bonchev–Trinajstić information content (AvgIpc) is 3.43. The summed E-state index contributed by atoms with van der Waals surface area (Å²) in [6.07, 6.45) is 4.77. The third-order valence-electron chi connectivity index (χ3n) is 4.99. The van der Waals surface area contributed by atoms with Crippen LogP contribution in [0.1, 0.15) is 56.9 Å². The van der Waals surface area contributed by atoms with Gasteiger partial charge < -0.3 is 0 Å². The summed E-state index contributed by atoms with van der Waals surface area (Å²) >= 11 is 0. The molecule has 0 radical (unpaired) electrons. The van der Waals surface area contributed by atoms with E-state index in [0.717, 1.165) is 53.4 Å². The van der Waals surface area contributed by atoms with Crippen LogP contribution in [0.4, 0.5) is 0 Å². The van der Waals surface area contributed by atoms with E-state index in [-0.39, 0.29) is 0 Å². The highest BCUT2D eigenvalue weighted by Crippen LogP contribution is 2.29. The predicted molar refractivity (Wildman–Crippen MR) is 115 cm³/mol. The number of aryl methyl sites for hydroxylation is 1. The van der Waals surface area contributed by atoms with Crippen LogP contribution in [-0.4, -0.2) is 40.4 Å². The molecule has 0 saturated carbocycles. The van der Waals surface area contributed by atoms with Gasteiger partial charge in [0, 0.05) is 41.9 Å². The Hall–Kier alpha value is -3.42. The third-order valence-corrected chi connectivity index (χ3v) is 4.99. The van der Waals surface area contributed by atoms with Crippen LogP contribution >= 0.6 is 0 Å². The van der Waals surface area contributed by atoms with Crippen molar-refractivity contribution in [2.75, 3.05) is 0 Å². The van der Waals surface area contributed by atoms with Crippen molar-refractivity contribution in [1.82, 2.24) is 40.4 Å². The van der Waals surface area contributed by atoms with E-state index < -0.39 is 0 Å². The van der Waals surface area contributed by atoms with Gasteiger partial charge in [-0.1, -0.05) is 57.5 Å². The van der Waals surface area contributed by atoms with Crippen LogP contribution in [0.25, 0.3) is 22.5 Å². The summed E-state index contributed by atoms with van der Waals surface area (Å²) < 4.78 is 2.04. The number of nitrogens with zero attached hydrogens (tertiary/aromatic N) is 7. The van der Waals surface area contributed by atoms with E-state index in [1.54, 1.807) is 0 Å². The molecule has 0 atom stereocenters. The van der Waals surface area contributed by atoms with Gasteiger partial charge in [0.25, 0.3) is 0 Å². The Morgan fingerprint density at radius 1 is 1.07 bits per heavy atom. The number of aromatic nitrogens is 8. The molecule has 1 aromatic carbocycles. The highest BCUT2D eigenvalue weighted by molar-refractivity contribution is 5.79. The van der Waals surface area contributed by atoms with Crippen LogP contribution < -0.4 is 0 Å². The molecule has 4 rings (SSSR count). The lowest BCUT2D eigenvalue weighted by Gasteiger charge is -2.08. The Morgan fingerprint density at radius 2 is 1.90 bits per heavy atom. The van der Waals surface area contributed by atoms with E-state index in [1.165, 1.54) is 0 Å². The quantitative estimate of drug-likeness (QED) is 0.478. The molecule has 0 amide bonds. The normalized spacial score (nSPS) is 11.3. The zero-order valence-corrected chi connectivity index (χ0v) is 17.6. The van der Waals surface area contributed by atoms with Crippen molar-refractivity contribution < 1.29 is 0 Å². The van der Waals surface area contributed by atoms with E-state index in [9.17, 15) is 0 Å². The molecular formula is C22H26N8. The smallest absolute Gasteiger partial charge is 0.205 e. The Kier molecular flexibility index (Phi) is 5.92. The molecule has 3 heterocycles. The number of benzene rings is 1. The number of unbranched alkanes of at least 4 members (excludes halogenated alkanes) is 1. The molecule has 0 bridgehead atoms. The first kappa shape index (κ1) is 19.9. The molecule has 30 heavy (non-hydrogen) atoms. The predicted octanol–water partition coefficient (Wildman–Crippen LogP) is 4.03. The first-order valence-electron chi connectivity index (χ1n) is 10.4. The summed E-state index contributed by atoms with van der Waals surface area (Å²) in [5.74, 6) is 2.75. The van der Waals surface area contributed by atoms with Gasteiger partial charge in [0.05, 0.1) is 0 Å². The first-order valence-corrected chi connectivity index (χ1v) is 10.4. The number of aromatic amines is 1. The molecule has 0 unspecified atom stereocenters. The molecule has 8 nitrogen and oxygen atoms in total. The molecule has 0 saturated heterocycles. The zero-order valence-electron chi connectivity index (χ0n) is 17.6. The van der Waals surface area contributed by atoms with Gasteiger partial charge in [-0.2, -0.15) is 10.3 Å². The molecule has 0 aliphatic rings. The number of hydrogen-bond donors (Lipinski definition) is 1. The minimum atomic E-state index is 0.309. The van der Waals surface area contributed by atoms with E-state index in [0.29, 0.717) is 18.2 Å². The second-order valence-electron chi connectivity index (χ2n) is 7.61. The monoisotopic (exact) mass is 402 g/mol. The summed E-state index contributed by atoms with van der Waals surface area (Å²) in [5, 5.41) is 19.1. The molecular weight excluding hydrogens is 376 g/mol. The molecule has 0 aliphatic carbocycles. The summed E-state index contributed by atoms with van der Waals surface area (Å²) in [6, 6.07) is 12.1. The molecule has 3 aromatic heterocycles. The van der Waals surface area contributed by atoms with E-state index in [4.69, 9.17) is 15.1 Å². The van der Waals surface area contributed by atoms with Crippen LogP contribution in [0.15, 0.2) is 42.6 Å². The largest absolute Gasteiger partial charge is 0.260 e. The molecule has 0 fully saturated rings. The standard InChI is InChI=1S/C22H26N8/c1-4-5-12-30-20(24-21(27-30)15(2)3)13-17-11-10-16(14-23-17)18-8-6-7-9-19(18)22-25-28-29-26-22/h6-11,14-15H,4-5,12-13H2,1-3H3,(H,25,26,28,29). The first-order chi connectivity index (χ1) is 14.7.